The van der Waals surface area contributed by atoms with E-state index in [-0.39, 0.29) is 23.8 Å². The molecular weight excluding hydrogens is 899 g/mol. The first kappa shape index (κ1) is 60.1. The monoisotopic (exact) mass is 1010 g/mol. The second-order valence-electron chi connectivity index (χ2n) is 26.1. The summed E-state index contributed by atoms with van der Waals surface area (Å²) in [6.07, 6.45) is 41.5. The van der Waals surface area contributed by atoms with Crippen molar-refractivity contribution in [3.63, 3.8) is 0 Å². The van der Waals surface area contributed by atoms with Crippen LogP contribution in [0.3, 0.4) is 0 Å². The number of carbonyl (C=O) groups excluding carboxylic acids is 2. The number of unbranched alkanes of at least 4 members (excludes halogenated alkanes) is 16. The van der Waals surface area contributed by atoms with Crippen molar-refractivity contribution in [3.05, 3.63) is 29.8 Å². The Morgan fingerprint density at radius 2 is 1.29 bits per heavy atom. The van der Waals surface area contributed by atoms with Gasteiger partial charge in [-0.25, -0.2) is 0 Å². The fourth-order valence-electron chi connectivity index (χ4n) is 16.8. The Labute approximate surface area is 450 Å². The molecular formula is C66H115N3O4. The zero-order valence-electron chi connectivity index (χ0n) is 48.7. The lowest BCUT2D eigenvalue weighted by atomic mass is 9.44. The largest absolute Gasteiger partial charge is 0.497 e. The van der Waals surface area contributed by atoms with Crippen LogP contribution in [0.2, 0.25) is 0 Å². The normalized spacial score (nSPS) is 28.7. The molecule has 11 atom stereocenters. The first-order valence-electron chi connectivity index (χ1n) is 32.1. The Balaban J connectivity index is 1.18. The van der Waals surface area contributed by atoms with E-state index in [4.69, 9.17) is 4.74 Å². The molecule has 6 rings (SSSR count). The highest BCUT2D eigenvalue weighted by atomic mass is 16.5. The third-order valence-electron chi connectivity index (χ3n) is 21.4. The van der Waals surface area contributed by atoms with Gasteiger partial charge >= 0.3 is 0 Å². The Morgan fingerprint density at radius 1 is 0.712 bits per heavy atom. The predicted molar refractivity (Wildman–Crippen MR) is 307 cm³/mol. The van der Waals surface area contributed by atoms with Crippen LogP contribution in [0.1, 0.15) is 259 Å². The van der Waals surface area contributed by atoms with Crippen LogP contribution in [0, 0.1) is 58.2 Å². The van der Waals surface area contributed by atoms with Crippen LogP contribution in [-0.4, -0.2) is 78.7 Å². The zero-order chi connectivity index (χ0) is 52.1. The number of piperidine rings is 1. The van der Waals surface area contributed by atoms with Gasteiger partial charge in [-0.05, 0) is 192 Å². The number of methoxy groups -OCH3 is 1. The number of ether oxygens (including phenoxy) is 1. The van der Waals surface area contributed by atoms with E-state index in [2.05, 4.69) is 68.8 Å². The zero-order valence-corrected chi connectivity index (χ0v) is 48.7. The minimum Gasteiger partial charge on any atom is -0.497 e. The average molecular weight is 1010 g/mol. The topological polar surface area (TPSA) is 82.1 Å². The van der Waals surface area contributed by atoms with Crippen molar-refractivity contribution in [1.29, 1.82) is 0 Å². The Morgan fingerprint density at radius 3 is 1.88 bits per heavy atom. The summed E-state index contributed by atoms with van der Waals surface area (Å²) in [4.78, 5) is 35.4. The Kier molecular flexibility index (Phi) is 25.8. The predicted octanol–water partition coefficient (Wildman–Crippen LogP) is 16.2. The molecule has 2 amide bonds. The third kappa shape index (κ3) is 17.2. The van der Waals surface area contributed by atoms with Crippen molar-refractivity contribution in [3.8, 4) is 5.75 Å². The number of benzene rings is 1. The molecule has 0 radical (unpaired) electrons. The van der Waals surface area contributed by atoms with Gasteiger partial charge in [-0.2, -0.15) is 0 Å². The minimum atomic E-state index is -0.424. The third-order valence-corrected chi connectivity index (χ3v) is 21.4. The van der Waals surface area contributed by atoms with Gasteiger partial charge in [0.2, 0.25) is 11.8 Å². The highest BCUT2D eigenvalue weighted by Crippen LogP contribution is 2.68. The van der Waals surface area contributed by atoms with Crippen molar-refractivity contribution in [2.24, 2.45) is 58.2 Å². The number of aliphatic hydroxyl groups excluding tert-OH is 1. The molecule has 73 heavy (non-hydrogen) atoms. The molecule has 1 aromatic rings. The van der Waals surface area contributed by atoms with Crippen molar-refractivity contribution in [2.45, 2.75) is 272 Å². The number of carbonyl (C=O) groups is 2. The first-order valence-corrected chi connectivity index (χ1v) is 32.1. The van der Waals surface area contributed by atoms with E-state index in [1.807, 2.05) is 12.1 Å². The van der Waals surface area contributed by atoms with Crippen LogP contribution in [0.25, 0.3) is 0 Å². The van der Waals surface area contributed by atoms with Gasteiger partial charge in [0.15, 0.2) is 0 Å². The molecule has 0 bridgehead atoms. The molecule has 2 N–H and O–H groups in total. The molecule has 4 saturated carbocycles. The molecule has 0 spiro atoms. The fraction of sp³-hybridized carbons (Fsp3) is 0.879. The van der Waals surface area contributed by atoms with Crippen molar-refractivity contribution in [1.82, 2.24) is 15.1 Å². The molecule has 1 aliphatic heterocycles. The van der Waals surface area contributed by atoms with Crippen LogP contribution >= 0.6 is 0 Å². The number of fused-ring (bicyclic) bond motifs is 5. The van der Waals surface area contributed by atoms with Crippen molar-refractivity contribution in [2.75, 3.05) is 39.8 Å². The van der Waals surface area contributed by atoms with Gasteiger partial charge in [0, 0.05) is 19.5 Å². The van der Waals surface area contributed by atoms with Crippen molar-refractivity contribution < 1.29 is 19.4 Å². The molecule has 7 heteroatoms. The summed E-state index contributed by atoms with van der Waals surface area (Å²) < 4.78 is 5.44. The standard InChI is InChI=1S/C66H115N3O4/c1-8-11-13-15-17-19-20-22-24-26-28-53(27-25-23-21-18-16-14-12-9-2)50-69(63(54-42-47-68(10-3)48-43-54)64(72)67-46-41-52-30-33-57(73-7)34-31-52)62(71)38-29-51(4)59-36-37-60-58-35-32-55-49-56(70)39-44-65(55,5)61(58)40-45-66(59,60)6/h30-31,33-34,51,53-56,58-61,63,70H,8-29,32,35-50H2,1-7H3,(H,67,72). The van der Waals surface area contributed by atoms with Crippen molar-refractivity contribution >= 4 is 11.8 Å². The molecule has 1 aromatic carbocycles. The lowest BCUT2D eigenvalue weighted by Crippen LogP contribution is -2.56. The van der Waals surface area contributed by atoms with Gasteiger partial charge in [-0.1, -0.05) is 169 Å². The van der Waals surface area contributed by atoms with Crippen LogP contribution in [0.4, 0.5) is 0 Å². The SMILES string of the molecule is CCCCCCCCCCCCC(CCCCCCCCCC)CN(C(=O)CCC(C)C1CCC2C3CCC4CC(O)CCC4(C)C3CCC12C)C(C(=O)NCCc1ccc(OC)cc1)C1CCN(CC)CC1. The number of nitrogens with one attached hydrogen (secondary N) is 1. The molecule has 1 saturated heterocycles. The van der Waals surface area contributed by atoms with E-state index in [1.54, 1.807) is 7.11 Å². The maximum absolute atomic E-state index is 15.6. The summed E-state index contributed by atoms with van der Waals surface area (Å²) >= 11 is 0. The second kappa shape index (κ2) is 31.3. The summed E-state index contributed by atoms with van der Waals surface area (Å²) in [5.74, 6) is 6.02. The number of hydrogen-bond donors (Lipinski definition) is 2. The maximum Gasteiger partial charge on any atom is 0.243 e. The van der Waals surface area contributed by atoms with Gasteiger partial charge in [-0.15, -0.1) is 0 Å². The number of aliphatic hydroxyl groups is 1. The minimum absolute atomic E-state index is 0.0772. The summed E-state index contributed by atoms with van der Waals surface area (Å²) in [7, 11) is 1.70. The van der Waals surface area contributed by atoms with Gasteiger partial charge in [-0.3, -0.25) is 9.59 Å². The maximum atomic E-state index is 15.6. The number of rotatable bonds is 34. The summed E-state index contributed by atoms with van der Waals surface area (Å²) in [5, 5.41) is 14.1. The van der Waals surface area contributed by atoms with E-state index in [0.717, 1.165) is 101 Å². The highest BCUT2D eigenvalue weighted by molar-refractivity contribution is 5.88. The second-order valence-corrected chi connectivity index (χ2v) is 26.1. The van der Waals surface area contributed by atoms with Gasteiger partial charge < -0.3 is 25.0 Å². The molecule has 1 heterocycles. The molecule has 5 aliphatic rings. The lowest BCUT2D eigenvalue weighted by Gasteiger charge is -2.61. The van der Waals surface area contributed by atoms with E-state index in [9.17, 15) is 5.11 Å². The van der Waals surface area contributed by atoms with Gasteiger partial charge in [0.25, 0.3) is 0 Å². The Hall–Kier alpha value is -2.12. The van der Waals surface area contributed by atoms with E-state index < -0.39 is 6.04 Å². The molecule has 4 aliphatic carbocycles. The summed E-state index contributed by atoms with van der Waals surface area (Å²) in [6, 6.07) is 7.81. The fourth-order valence-corrected chi connectivity index (χ4v) is 16.8. The van der Waals surface area contributed by atoms with Gasteiger partial charge in [0.05, 0.1) is 13.2 Å². The van der Waals surface area contributed by atoms with Gasteiger partial charge in [0.1, 0.15) is 11.8 Å². The number of amides is 2. The van der Waals surface area contributed by atoms with E-state index >= 15 is 9.59 Å². The highest BCUT2D eigenvalue weighted by Gasteiger charge is 2.60. The van der Waals surface area contributed by atoms with Crippen LogP contribution in [0.5, 0.6) is 5.75 Å². The smallest absolute Gasteiger partial charge is 0.243 e. The number of nitrogens with zero attached hydrogens (tertiary/aromatic N) is 2. The van der Waals surface area contributed by atoms with Crippen LogP contribution in [0.15, 0.2) is 24.3 Å². The molecule has 5 fully saturated rings. The summed E-state index contributed by atoms with van der Waals surface area (Å²) in [5.41, 5.74) is 1.93. The molecule has 7 nitrogen and oxygen atoms in total. The lowest BCUT2D eigenvalue weighted by molar-refractivity contribution is -0.145. The average Bonchev–Trinajstić information content (AvgIpc) is 3.76. The van der Waals surface area contributed by atoms with E-state index in [0.29, 0.717) is 47.5 Å². The summed E-state index contributed by atoms with van der Waals surface area (Å²) in [6.45, 7) is 19.0. The number of hydrogen-bond acceptors (Lipinski definition) is 5. The van der Waals surface area contributed by atoms with Crippen LogP contribution in [-0.2, 0) is 16.0 Å². The molecule has 418 valence electrons. The van der Waals surface area contributed by atoms with Crippen LogP contribution < -0.4 is 10.1 Å². The molecule has 0 aromatic heterocycles. The Bertz CT molecular complexity index is 1690. The van der Waals surface area contributed by atoms with E-state index in [1.165, 1.54) is 166 Å². The first-order chi connectivity index (χ1) is 35.4. The number of likely N-dealkylation sites (tertiary alicyclic amines) is 1. The quantitative estimate of drug-likeness (QED) is 0.0672. The molecule has 11 unspecified atom stereocenters.